The number of carbonyl (C=O) groups excluding carboxylic acids is 2. The lowest BCUT2D eigenvalue weighted by Crippen LogP contribution is -2.43. The molecule has 3 aromatic rings. The first-order valence-corrected chi connectivity index (χ1v) is 9.15. The summed E-state index contributed by atoms with van der Waals surface area (Å²) in [7, 11) is 0. The summed E-state index contributed by atoms with van der Waals surface area (Å²) >= 11 is 0. The fourth-order valence-electron chi connectivity index (χ4n) is 3.37. The molecule has 0 aliphatic carbocycles. The van der Waals surface area contributed by atoms with Crippen molar-refractivity contribution in [1.29, 1.82) is 0 Å². The summed E-state index contributed by atoms with van der Waals surface area (Å²) in [5, 5.41) is 6.67. The Balaban J connectivity index is 1.68. The lowest BCUT2D eigenvalue weighted by Gasteiger charge is -2.32. The van der Waals surface area contributed by atoms with Gasteiger partial charge < -0.3 is 10.2 Å². The number of carbonyl (C=O) groups is 2. The molecule has 0 saturated heterocycles. The van der Waals surface area contributed by atoms with Crippen LogP contribution in [0.2, 0.25) is 0 Å². The average Bonchev–Trinajstić information content (AvgIpc) is 3.17. The molecular formula is C20H15F4N5O2. The van der Waals surface area contributed by atoms with Crippen LogP contribution >= 0.6 is 0 Å². The Morgan fingerprint density at radius 1 is 1.23 bits per heavy atom. The molecule has 3 heterocycles. The molecule has 0 radical (unpaired) electrons. The topological polar surface area (TPSA) is 80.1 Å². The number of rotatable bonds is 3. The Bertz CT molecular complexity index is 1160. The second-order valence-electron chi connectivity index (χ2n) is 6.95. The van der Waals surface area contributed by atoms with E-state index in [1.807, 2.05) is 0 Å². The number of amides is 2. The number of nitrogens with zero attached hydrogens (tertiary/aromatic N) is 4. The van der Waals surface area contributed by atoms with Crippen LogP contribution < -0.4 is 10.2 Å². The van der Waals surface area contributed by atoms with Gasteiger partial charge in [-0.3, -0.25) is 14.3 Å². The summed E-state index contributed by atoms with van der Waals surface area (Å²) in [5.74, 6) is -2.52. The zero-order chi connectivity index (χ0) is 22.3. The number of hydrogen-bond acceptors (Lipinski definition) is 4. The van der Waals surface area contributed by atoms with Crippen molar-refractivity contribution in [3.8, 4) is 0 Å². The van der Waals surface area contributed by atoms with Crippen molar-refractivity contribution in [2.24, 2.45) is 0 Å². The van der Waals surface area contributed by atoms with Gasteiger partial charge in [-0.15, -0.1) is 0 Å². The molecule has 1 atom stereocenters. The molecule has 0 saturated carbocycles. The third-order valence-corrected chi connectivity index (χ3v) is 4.83. The van der Waals surface area contributed by atoms with Crippen molar-refractivity contribution >= 4 is 23.3 Å². The molecule has 1 aromatic carbocycles. The fourth-order valence-corrected chi connectivity index (χ4v) is 3.37. The van der Waals surface area contributed by atoms with E-state index in [4.69, 9.17) is 0 Å². The minimum Gasteiger partial charge on any atom is -0.306 e. The van der Waals surface area contributed by atoms with Crippen LogP contribution in [-0.4, -0.2) is 33.1 Å². The number of hydrogen-bond donors (Lipinski definition) is 1. The lowest BCUT2D eigenvalue weighted by molar-refractivity contribution is -0.139. The molecule has 0 unspecified atom stereocenters. The predicted octanol–water partition coefficient (Wildman–Crippen LogP) is 3.91. The molecule has 1 aliphatic heterocycles. The average molecular weight is 433 g/mol. The quantitative estimate of drug-likeness (QED) is 0.636. The molecule has 31 heavy (non-hydrogen) atoms. The SMILES string of the molecule is C[C@H]1CN(c2ccc(C(F)(F)F)c(F)c2)C(=O)c2c(C(=O)Nc3ccccn3)cnn21. The second kappa shape index (κ2) is 7.49. The Labute approximate surface area is 173 Å². The molecule has 160 valence electrons. The van der Waals surface area contributed by atoms with E-state index in [2.05, 4.69) is 15.4 Å². The zero-order valence-electron chi connectivity index (χ0n) is 16.0. The number of alkyl halides is 3. The normalized spacial score (nSPS) is 16.2. The smallest absolute Gasteiger partial charge is 0.306 e. The largest absolute Gasteiger partial charge is 0.419 e. The Morgan fingerprint density at radius 3 is 2.65 bits per heavy atom. The van der Waals surface area contributed by atoms with E-state index in [0.717, 1.165) is 11.0 Å². The summed E-state index contributed by atoms with van der Waals surface area (Å²) in [6.45, 7) is 1.76. The molecular weight excluding hydrogens is 418 g/mol. The monoisotopic (exact) mass is 433 g/mol. The number of nitrogens with one attached hydrogen (secondary N) is 1. The van der Waals surface area contributed by atoms with Gasteiger partial charge in [-0.1, -0.05) is 6.07 Å². The van der Waals surface area contributed by atoms with E-state index < -0.39 is 35.4 Å². The van der Waals surface area contributed by atoms with Gasteiger partial charge >= 0.3 is 6.18 Å². The van der Waals surface area contributed by atoms with Gasteiger partial charge in [0, 0.05) is 18.4 Å². The van der Waals surface area contributed by atoms with Crippen molar-refractivity contribution in [2.75, 3.05) is 16.8 Å². The summed E-state index contributed by atoms with van der Waals surface area (Å²) in [5.41, 5.74) is -1.55. The van der Waals surface area contributed by atoms with Gasteiger partial charge in [-0.25, -0.2) is 9.37 Å². The number of benzene rings is 1. The zero-order valence-corrected chi connectivity index (χ0v) is 16.0. The van der Waals surface area contributed by atoms with Crippen LogP contribution in [0.25, 0.3) is 0 Å². The van der Waals surface area contributed by atoms with Gasteiger partial charge in [0.1, 0.15) is 17.3 Å². The minimum absolute atomic E-state index is 0.0282. The van der Waals surface area contributed by atoms with Crippen LogP contribution in [0.1, 0.15) is 39.4 Å². The van der Waals surface area contributed by atoms with Gasteiger partial charge in [0.15, 0.2) is 0 Å². The molecule has 11 heteroatoms. The van der Waals surface area contributed by atoms with Crippen LogP contribution in [0.15, 0.2) is 48.8 Å². The number of halogens is 4. The molecule has 2 amide bonds. The lowest BCUT2D eigenvalue weighted by atomic mass is 10.1. The van der Waals surface area contributed by atoms with Crippen molar-refractivity contribution in [3.63, 3.8) is 0 Å². The van der Waals surface area contributed by atoms with E-state index in [1.165, 1.54) is 17.1 Å². The molecule has 7 nitrogen and oxygen atoms in total. The first-order chi connectivity index (χ1) is 14.7. The maximum atomic E-state index is 14.1. The standard InChI is InChI=1S/C20H15F4N5O2/c1-11-10-28(12-5-6-14(15(21)8-12)20(22,23)24)19(31)17-13(9-26-29(11)17)18(30)27-16-4-2-3-7-25-16/h2-9,11H,10H2,1H3,(H,25,27,30)/t11-/m0/s1. The third kappa shape index (κ3) is 3.74. The highest BCUT2D eigenvalue weighted by Gasteiger charge is 2.37. The first kappa shape index (κ1) is 20.5. The Morgan fingerprint density at radius 2 is 2.00 bits per heavy atom. The molecule has 0 fully saturated rings. The summed E-state index contributed by atoms with van der Waals surface area (Å²) in [6.07, 6.45) is -2.13. The molecule has 4 rings (SSSR count). The van der Waals surface area contributed by atoms with Crippen LogP contribution in [0, 0.1) is 5.82 Å². The van der Waals surface area contributed by atoms with Crippen LogP contribution in [0.5, 0.6) is 0 Å². The molecule has 1 N–H and O–H groups in total. The second-order valence-corrected chi connectivity index (χ2v) is 6.95. The fraction of sp³-hybridized carbons (Fsp3) is 0.200. The summed E-state index contributed by atoms with van der Waals surface area (Å²) < 4.78 is 54.0. The Kier molecular flexibility index (Phi) is 4.96. The predicted molar refractivity (Wildman–Crippen MR) is 102 cm³/mol. The van der Waals surface area contributed by atoms with Crippen molar-refractivity contribution in [3.05, 3.63) is 71.4 Å². The van der Waals surface area contributed by atoms with Gasteiger partial charge in [0.05, 0.1) is 23.4 Å². The van der Waals surface area contributed by atoms with E-state index >= 15 is 0 Å². The highest BCUT2D eigenvalue weighted by Crippen LogP contribution is 2.35. The number of aromatic nitrogens is 3. The number of fused-ring (bicyclic) bond motifs is 1. The van der Waals surface area contributed by atoms with Gasteiger partial charge in [0.25, 0.3) is 11.8 Å². The first-order valence-electron chi connectivity index (χ1n) is 9.15. The third-order valence-electron chi connectivity index (χ3n) is 4.83. The molecule has 0 spiro atoms. The maximum absolute atomic E-state index is 14.1. The summed E-state index contributed by atoms with van der Waals surface area (Å²) in [6, 6.07) is 6.77. The molecule has 2 aromatic heterocycles. The molecule has 0 bridgehead atoms. The van der Waals surface area contributed by atoms with Crippen LogP contribution in [0.4, 0.5) is 29.1 Å². The van der Waals surface area contributed by atoms with Gasteiger partial charge in [0.2, 0.25) is 0 Å². The number of pyridine rings is 1. The highest BCUT2D eigenvalue weighted by molar-refractivity contribution is 6.15. The van der Waals surface area contributed by atoms with Gasteiger partial charge in [-0.2, -0.15) is 18.3 Å². The Hall–Kier alpha value is -3.76. The van der Waals surface area contributed by atoms with Crippen molar-refractivity contribution < 1.29 is 27.2 Å². The van der Waals surface area contributed by atoms with Crippen molar-refractivity contribution in [1.82, 2.24) is 14.8 Å². The molecule has 1 aliphatic rings. The van der Waals surface area contributed by atoms with Gasteiger partial charge in [-0.05, 0) is 37.3 Å². The van der Waals surface area contributed by atoms with E-state index in [1.54, 1.807) is 25.1 Å². The van der Waals surface area contributed by atoms with E-state index in [0.29, 0.717) is 12.1 Å². The van der Waals surface area contributed by atoms with E-state index in [-0.39, 0.29) is 29.3 Å². The van der Waals surface area contributed by atoms with Crippen LogP contribution in [-0.2, 0) is 6.18 Å². The van der Waals surface area contributed by atoms with E-state index in [9.17, 15) is 27.2 Å². The maximum Gasteiger partial charge on any atom is 0.419 e. The van der Waals surface area contributed by atoms with Crippen LogP contribution in [0.3, 0.4) is 0 Å². The van der Waals surface area contributed by atoms with Crippen molar-refractivity contribution in [2.45, 2.75) is 19.1 Å². The minimum atomic E-state index is -4.85. The number of anilines is 2. The summed E-state index contributed by atoms with van der Waals surface area (Å²) in [4.78, 5) is 30.9. The highest BCUT2D eigenvalue weighted by atomic mass is 19.4.